The van der Waals surface area contributed by atoms with Gasteiger partial charge in [0.2, 0.25) is 5.91 Å². The van der Waals surface area contributed by atoms with Crippen molar-refractivity contribution in [3.8, 4) is 0 Å². The summed E-state index contributed by atoms with van der Waals surface area (Å²) in [5.41, 5.74) is 3.52. The van der Waals surface area contributed by atoms with Gasteiger partial charge in [0, 0.05) is 12.1 Å². The second-order valence-corrected chi connectivity index (χ2v) is 7.58. The molecule has 4 aromatic carbocycles. The Balaban J connectivity index is 1.60. The molecule has 0 aliphatic rings. The van der Waals surface area contributed by atoms with Crippen LogP contribution in [0.25, 0.3) is 10.8 Å². The van der Waals surface area contributed by atoms with Crippen LogP contribution in [0.3, 0.4) is 0 Å². The van der Waals surface area contributed by atoms with Gasteiger partial charge < -0.3 is 10.4 Å². The fourth-order valence-corrected chi connectivity index (χ4v) is 3.89. The molecule has 1 unspecified atom stereocenters. The van der Waals surface area contributed by atoms with Crippen LogP contribution >= 0.6 is 0 Å². The van der Waals surface area contributed by atoms with E-state index in [4.69, 9.17) is 0 Å². The first-order valence-electron chi connectivity index (χ1n) is 10.2. The molecule has 0 bridgehead atoms. The predicted octanol–water partition coefficient (Wildman–Crippen LogP) is 5.87. The third-order valence-corrected chi connectivity index (χ3v) is 5.59. The van der Waals surface area contributed by atoms with Gasteiger partial charge in [0.15, 0.2) is 0 Å². The average Bonchev–Trinajstić information content (AvgIpc) is 2.79. The largest absolute Gasteiger partial charge is 0.478 e. The SMILES string of the molecule is CC(C(=O)Nc1ccccc1Cc1ccccc1C(=O)O)c1cccc2ccccc12. The lowest BCUT2D eigenvalue weighted by molar-refractivity contribution is -0.117. The van der Waals surface area contributed by atoms with E-state index in [0.29, 0.717) is 17.7 Å². The molecule has 31 heavy (non-hydrogen) atoms. The van der Waals surface area contributed by atoms with Crippen molar-refractivity contribution in [2.45, 2.75) is 19.3 Å². The van der Waals surface area contributed by atoms with E-state index in [1.807, 2.05) is 79.7 Å². The zero-order chi connectivity index (χ0) is 21.8. The molecule has 0 aliphatic heterocycles. The van der Waals surface area contributed by atoms with Gasteiger partial charge in [-0.05, 0) is 46.5 Å². The summed E-state index contributed by atoms with van der Waals surface area (Å²) in [5, 5.41) is 14.7. The molecule has 0 saturated heterocycles. The van der Waals surface area contributed by atoms with Crippen LogP contribution in [-0.2, 0) is 11.2 Å². The first kappa shape index (κ1) is 20.4. The molecular weight excluding hydrogens is 386 g/mol. The lowest BCUT2D eigenvalue weighted by Gasteiger charge is -2.17. The highest BCUT2D eigenvalue weighted by atomic mass is 16.4. The summed E-state index contributed by atoms with van der Waals surface area (Å²) in [5.74, 6) is -1.40. The number of hydrogen-bond donors (Lipinski definition) is 2. The van der Waals surface area contributed by atoms with Gasteiger partial charge in [-0.25, -0.2) is 4.79 Å². The van der Waals surface area contributed by atoms with E-state index >= 15 is 0 Å². The zero-order valence-corrected chi connectivity index (χ0v) is 17.2. The van der Waals surface area contributed by atoms with Crippen LogP contribution in [-0.4, -0.2) is 17.0 Å². The molecular formula is C27H23NO3. The Labute approximate surface area is 181 Å². The van der Waals surface area contributed by atoms with E-state index in [9.17, 15) is 14.7 Å². The third kappa shape index (κ3) is 4.33. The van der Waals surface area contributed by atoms with Gasteiger partial charge in [-0.3, -0.25) is 4.79 Å². The monoisotopic (exact) mass is 409 g/mol. The number of benzene rings is 4. The van der Waals surface area contributed by atoms with Crippen molar-refractivity contribution in [1.29, 1.82) is 0 Å². The summed E-state index contributed by atoms with van der Waals surface area (Å²) in [6, 6.07) is 28.5. The Hall–Kier alpha value is -3.92. The summed E-state index contributed by atoms with van der Waals surface area (Å²) in [7, 11) is 0. The number of carboxylic acid groups (broad SMARTS) is 1. The fourth-order valence-electron chi connectivity index (χ4n) is 3.89. The smallest absolute Gasteiger partial charge is 0.335 e. The van der Waals surface area contributed by atoms with Crippen molar-refractivity contribution in [3.63, 3.8) is 0 Å². The highest BCUT2D eigenvalue weighted by molar-refractivity contribution is 5.99. The van der Waals surface area contributed by atoms with E-state index in [2.05, 4.69) is 5.32 Å². The number of carbonyl (C=O) groups is 2. The van der Waals surface area contributed by atoms with Gasteiger partial charge in [0.25, 0.3) is 0 Å². The zero-order valence-electron chi connectivity index (χ0n) is 17.2. The number of hydrogen-bond acceptors (Lipinski definition) is 2. The quantitative estimate of drug-likeness (QED) is 0.418. The number of rotatable bonds is 6. The maximum atomic E-state index is 13.1. The van der Waals surface area contributed by atoms with Crippen LogP contribution in [0.4, 0.5) is 5.69 Å². The van der Waals surface area contributed by atoms with Gasteiger partial charge in [-0.1, -0.05) is 78.9 Å². The van der Waals surface area contributed by atoms with Gasteiger partial charge in [0.05, 0.1) is 11.5 Å². The molecule has 0 fully saturated rings. The van der Waals surface area contributed by atoms with Gasteiger partial charge in [0.1, 0.15) is 0 Å². The topological polar surface area (TPSA) is 66.4 Å². The van der Waals surface area contributed by atoms with Crippen LogP contribution in [0.5, 0.6) is 0 Å². The normalized spacial score (nSPS) is 11.8. The van der Waals surface area contributed by atoms with Crippen LogP contribution in [0.1, 0.15) is 39.9 Å². The van der Waals surface area contributed by atoms with Gasteiger partial charge >= 0.3 is 5.97 Å². The second kappa shape index (κ2) is 8.84. The molecule has 1 amide bonds. The second-order valence-electron chi connectivity index (χ2n) is 7.58. The lowest BCUT2D eigenvalue weighted by Crippen LogP contribution is -2.20. The number of carboxylic acids is 1. The van der Waals surface area contributed by atoms with Gasteiger partial charge in [-0.2, -0.15) is 0 Å². The number of anilines is 1. The number of amides is 1. The van der Waals surface area contributed by atoms with E-state index in [0.717, 1.165) is 21.9 Å². The molecule has 4 nitrogen and oxygen atoms in total. The minimum absolute atomic E-state index is 0.102. The highest BCUT2D eigenvalue weighted by Gasteiger charge is 2.19. The molecule has 2 N–H and O–H groups in total. The average molecular weight is 409 g/mol. The molecule has 1 atom stereocenters. The van der Waals surface area contributed by atoms with Crippen molar-refractivity contribution in [2.75, 3.05) is 5.32 Å². The van der Waals surface area contributed by atoms with Crippen LogP contribution < -0.4 is 5.32 Å². The number of fused-ring (bicyclic) bond motifs is 1. The van der Waals surface area contributed by atoms with E-state index < -0.39 is 5.97 Å². The molecule has 0 aliphatic carbocycles. The Morgan fingerprint density at radius 3 is 2.26 bits per heavy atom. The molecule has 0 saturated carbocycles. The first-order valence-corrected chi connectivity index (χ1v) is 10.2. The maximum Gasteiger partial charge on any atom is 0.335 e. The summed E-state index contributed by atoms with van der Waals surface area (Å²) in [6.07, 6.45) is 0.418. The first-order chi connectivity index (χ1) is 15.0. The molecule has 0 radical (unpaired) electrons. The van der Waals surface area contributed by atoms with E-state index in [1.165, 1.54) is 0 Å². The van der Waals surface area contributed by atoms with Crippen molar-refractivity contribution in [2.24, 2.45) is 0 Å². The van der Waals surface area contributed by atoms with Crippen molar-refractivity contribution in [3.05, 3.63) is 113 Å². The predicted molar refractivity (Wildman–Crippen MR) is 124 cm³/mol. The third-order valence-electron chi connectivity index (χ3n) is 5.59. The summed E-state index contributed by atoms with van der Waals surface area (Å²) < 4.78 is 0. The highest BCUT2D eigenvalue weighted by Crippen LogP contribution is 2.28. The number of carbonyl (C=O) groups excluding carboxylic acids is 1. The minimum Gasteiger partial charge on any atom is -0.478 e. The maximum absolute atomic E-state index is 13.1. The summed E-state index contributed by atoms with van der Waals surface area (Å²) in [6.45, 7) is 1.90. The fraction of sp³-hybridized carbons (Fsp3) is 0.111. The molecule has 4 aromatic rings. The van der Waals surface area contributed by atoms with Gasteiger partial charge in [-0.15, -0.1) is 0 Å². The van der Waals surface area contributed by atoms with E-state index in [-0.39, 0.29) is 17.4 Å². The lowest BCUT2D eigenvalue weighted by atomic mass is 9.93. The van der Waals surface area contributed by atoms with Crippen LogP contribution in [0.2, 0.25) is 0 Å². The van der Waals surface area contributed by atoms with Crippen LogP contribution in [0, 0.1) is 0 Å². The Bertz CT molecular complexity index is 1260. The Morgan fingerprint density at radius 2 is 1.45 bits per heavy atom. The summed E-state index contributed by atoms with van der Waals surface area (Å²) >= 11 is 0. The molecule has 4 heteroatoms. The number of nitrogens with one attached hydrogen (secondary N) is 1. The van der Waals surface area contributed by atoms with Crippen LogP contribution in [0.15, 0.2) is 91.0 Å². The Kier molecular flexibility index (Phi) is 5.80. The molecule has 0 aromatic heterocycles. The summed E-state index contributed by atoms with van der Waals surface area (Å²) in [4.78, 5) is 24.7. The number of aromatic carboxylic acids is 1. The molecule has 4 rings (SSSR count). The number of para-hydroxylation sites is 1. The van der Waals surface area contributed by atoms with Crippen molar-refractivity contribution < 1.29 is 14.7 Å². The molecule has 154 valence electrons. The van der Waals surface area contributed by atoms with E-state index in [1.54, 1.807) is 18.2 Å². The Morgan fingerprint density at radius 1 is 0.806 bits per heavy atom. The standard InChI is InChI=1S/C27H23NO3/c1-18(22-15-8-12-19-9-2-5-13-23(19)22)26(29)28-25-16-7-4-11-21(25)17-20-10-3-6-14-24(20)27(30)31/h2-16,18H,17H2,1H3,(H,28,29)(H,30,31). The molecule has 0 heterocycles. The van der Waals surface area contributed by atoms with Crippen molar-refractivity contribution >= 4 is 28.3 Å². The van der Waals surface area contributed by atoms with Crippen molar-refractivity contribution in [1.82, 2.24) is 0 Å². The minimum atomic E-state index is -0.957. The molecule has 0 spiro atoms.